The molecule has 0 saturated carbocycles. The molecular formula is C13H12N2O4S3. The van der Waals surface area contributed by atoms with Gasteiger partial charge in [-0.2, -0.15) is 0 Å². The summed E-state index contributed by atoms with van der Waals surface area (Å²) in [5.74, 6) is -2.29. The molecule has 2 amide bonds. The van der Waals surface area contributed by atoms with E-state index in [0.717, 1.165) is 21.5 Å². The van der Waals surface area contributed by atoms with Crippen LogP contribution in [-0.2, 0) is 14.4 Å². The van der Waals surface area contributed by atoms with E-state index in [2.05, 4.69) is 0 Å². The first-order valence-corrected chi connectivity index (χ1v) is 8.32. The quantitative estimate of drug-likeness (QED) is 0.594. The maximum Gasteiger partial charge on any atom is 0.326 e. The van der Waals surface area contributed by atoms with Crippen molar-refractivity contribution in [3.05, 3.63) is 27.3 Å². The number of aliphatic carboxylic acids is 1. The fourth-order valence-corrected chi connectivity index (χ4v) is 3.97. The first kappa shape index (κ1) is 16.7. The third kappa shape index (κ3) is 3.73. The molecule has 1 aliphatic heterocycles. The van der Waals surface area contributed by atoms with Crippen molar-refractivity contribution in [3.63, 3.8) is 0 Å². The van der Waals surface area contributed by atoms with Gasteiger partial charge in [-0.3, -0.25) is 14.5 Å². The lowest BCUT2D eigenvalue weighted by Gasteiger charge is -2.22. The first-order valence-electron chi connectivity index (χ1n) is 6.22. The van der Waals surface area contributed by atoms with Crippen LogP contribution in [0.1, 0.15) is 17.7 Å². The molecule has 1 saturated heterocycles. The number of nitrogens with two attached hydrogens (primary N) is 1. The number of hydrogen-bond donors (Lipinski definition) is 2. The van der Waals surface area contributed by atoms with E-state index in [1.807, 2.05) is 17.5 Å². The molecule has 0 spiro atoms. The highest BCUT2D eigenvalue weighted by molar-refractivity contribution is 8.26. The van der Waals surface area contributed by atoms with Crippen LogP contribution in [0.5, 0.6) is 0 Å². The predicted octanol–water partition coefficient (Wildman–Crippen LogP) is 1.67. The second-order valence-corrected chi connectivity index (χ2v) is 7.08. The van der Waals surface area contributed by atoms with Gasteiger partial charge in [0.2, 0.25) is 5.91 Å². The van der Waals surface area contributed by atoms with E-state index in [4.69, 9.17) is 18.0 Å². The Balaban J connectivity index is 2.22. The van der Waals surface area contributed by atoms with Gasteiger partial charge in [-0.15, -0.1) is 11.3 Å². The third-order valence-corrected chi connectivity index (χ3v) is 5.05. The summed E-state index contributed by atoms with van der Waals surface area (Å²) in [7, 11) is 0. The van der Waals surface area contributed by atoms with Crippen LogP contribution < -0.4 is 5.73 Å². The highest BCUT2D eigenvalue weighted by Gasteiger charge is 2.40. The monoisotopic (exact) mass is 356 g/mol. The van der Waals surface area contributed by atoms with Gasteiger partial charge in [0.1, 0.15) is 10.4 Å². The molecule has 116 valence electrons. The van der Waals surface area contributed by atoms with Crippen molar-refractivity contribution in [1.82, 2.24) is 4.90 Å². The van der Waals surface area contributed by atoms with Crippen molar-refractivity contribution in [1.29, 1.82) is 0 Å². The standard InChI is InChI=1S/C13H12N2O4S3/c14-10(16)4-3-8(12(18)19)15-11(17)9(22-13(15)20)6-7-2-1-5-21-7/h1-2,5-6,8H,3-4H2,(H2,14,16)(H,18,19)/b9-6+. The predicted molar refractivity (Wildman–Crippen MR) is 89.2 cm³/mol. The van der Waals surface area contributed by atoms with Crippen LogP contribution in [0.4, 0.5) is 0 Å². The van der Waals surface area contributed by atoms with Gasteiger partial charge >= 0.3 is 5.97 Å². The molecule has 0 aliphatic carbocycles. The smallest absolute Gasteiger partial charge is 0.326 e. The summed E-state index contributed by atoms with van der Waals surface area (Å²) in [4.78, 5) is 36.9. The number of rotatable bonds is 6. The number of carboxylic acid groups (broad SMARTS) is 1. The molecule has 3 N–H and O–H groups in total. The molecule has 2 rings (SSSR count). The Morgan fingerprint density at radius 3 is 2.77 bits per heavy atom. The van der Waals surface area contributed by atoms with Crippen molar-refractivity contribution in [2.45, 2.75) is 18.9 Å². The fourth-order valence-electron chi connectivity index (χ4n) is 1.89. The molecule has 0 aromatic carbocycles. The maximum absolute atomic E-state index is 12.4. The molecule has 2 heterocycles. The minimum atomic E-state index is -1.21. The average Bonchev–Trinajstić information content (AvgIpc) is 3.02. The number of carbonyl (C=O) groups is 3. The molecule has 1 unspecified atom stereocenters. The molecule has 1 fully saturated rings. The van der Waals surface area contributed by atoms with Gasteiger partial charge in [0.15, 0.2) is 0 Å². The van der Waals surface area contributed by atoms with Crippen molar-refractivity contribution in [3.8, 4) is 0 Å². The SMILES string of the molecule is NC(=O)CCC(C(=O)O)N1C(=O)/C(=C\c2cccs2)SC1=S. The topological polar surface area (TPSA) is 101 Å². The molecular weight excluding hydrogens is 344 g/mol. The van der Waals surface area contributed by atoms with Crippen LogP contribution in [0.2, 0.25) is 0 Å². The first-order chi connectivity index (χ1) is 10.4. The third-order valence-electron chi connectivity index (χ3n) is 2.90. The van der Waals surface area contributed by atoms with Gasteiger partial charge in [-0.25, -0.2) is 4.79 Å². The van der Waals surface area contributed by atoms with E-state index in [0.29, 0.717) is 4.91 Å². The van der Waals surface area contributed by atoms with Gasteiger partial charge in [0, 0.05) is 11.3 Å². The molecule has 22 heavy (non-hydrogen) atoms. The van der Waals surface area contributed by atoms with Crippen LogP contribution >= 0.6 is 35.3 Å². The summed E-state index contributed by atoms with van der Waals surface area (Å²) in [5, 5.41) is 11.2. The maximum atomic E-state index is 12.4. The van der Waals surface area contributed by atoms with Crippen LogP contribution in [0, 0.1) is 0 Å². The molecule has 1 aromatic heterocycles. The second-order valence-electron chi connectivity index (χ2n) is 4.43. The van der Waals surface area contributed by atoms with Crippen molar-refractivity contribution in [2.24, 2.45) is 5.73 Å². The van der Waals surface area contributed by atoms with Crippen LogP contribution in [0.15, 0.2) is 22.4 Å². The van der Waals surface area contributed by atoms with E-state index >= 15 is 0 Å². The van der Waals surface area contributed by atoms with Crippen LogP contribution in [-0.4, -0.2) is 38.2 Å². The lowest BCUT2D eigenvalue weighted by atomic mass is 10.1. The number of carbonyl (C=O) groups excluding carboxylic acids is 2. The van der Waals surface area contributed by atoms with Crippen molar-refractivity contribution >= 4 is 63.5 Å². The van der Waals surface area contributed by atoms with Crippen molar-refractivity contribution < 1.29 is 19.5 Å². The number of amides is 2. The van der Waals surface area contributed by atoms with E-state index in [1.165, 1.54) is 11.3 Å². The molecule has 0 radical (unpaired) electrons. The Morgan fingerprint density at radius 1 is 1.50 bits per heavy atom. The van der Waals surface area contributed by atoms with E-state index < -0.39 is 23.8 Å². The number of carboxylic acids is 1. The summed E-state index contributed by atoms with van der Waals surface area (Å²) in [6.45, 7) is 0. The number of thioether (sulfide) groups is 1. The fraction of sp³-hybridized carbons (Fsp3) is 0.231. The zero-order valence-electron chi connectivity index (χ0n) is 11.2. The van der Waals surface area contributed by atoms with Crippen molar-refractivity contribution in [2.75, 3.05) is 0 Å². The molecule has 1 aliphatic rings. The Morgan fingerprint density at radius 2 is 2.23 bits per heavy atom. The number of nitrogens with zero attached hydrogens (tertiary/aromatic N) is 1. The lowest BCUT2D eigenvalue weighted by Crippen LogP contribution is -2.44. The second kappa shape index (κ2) is 7.03. The minimum absolute atomic E-state index is 0.0661. The number of hydrogen-bond acceptors (Lipinski definition) is 6. The molecule has 9 heteroatoms. The van der Waals surface area contributed by atoms with Gasteiger partial charge in [0.25, 0.3) is 5.91 Å². The van der Waals surface area contributed by atoms with Gasteiger partial charge in [-0.1, -0.05) is 30.0 Å². The highest BCUT2D eigenvalue weighted by atomic mass is 32.2. The number of primary amides is 1. The minimum Gasteiger partial charge on any atom is -0.480 e. The van der Waals surface area contributed by atoms with E-state index in [1.54, 1.807) is 6.08 Å². The van der Waals surface area contributed by atoms with Crippen LogP contribution in [0.25, 0.3) is 6.08 Å². The lowest BCUT2D eigenvalue weighted by molar-refractivity contribution is -0.145. The Hall–Kier alpha value is -1.71. The van der Waals surface area contributed by atoms with Gasteiger partial charge < -0.3 is 10.8 Å². The Bertz CT molecular complexity index is 654. The summed E-state index contributed by atoms with van der Waals surface area (Å²) in [6.07, 6.45) is 1.48. The Labute approximate surface area is 140 Å². The normalized spacial score (nSPS) is 18.0. The van der Waals surface area contributed by atoms with Gasteiger partial charge in [-0.05, 0) is 23.9 Å². The average molecular weight is 356 g/mol. The largest absolute Gasteiger partial charge is 0.480 e. The van der Waals surface area contributed by atoms with Crippen LogP contribution in [0.3, 0.4) is 0 Å². The number of thiophene rings is 1. The number of thiocarbonyl (C=S) groups is 1. The molecule has 1 aromatic rings. The molecule has 1 atom stereocenters. The summed E-state index contributed by atoms with van der Waals surface area (Å²) in [5.41, 5.74) is 5.04. The molecule has 0 bridgehead atoms. The Kier molecular flexibility index (Phi) is 5.33. The van der Waals surface area contributed by atoms with E-state index in [-0.39, 0.29) is 17.2 Å². The van der Waals surface area contributed by atoms with E-state index in [9.17, 15) is 19.5 Å². The van der Waals surface area contributed by atoms with Gasteiger partial charge in [0.05, 0.1) is 4.91 Å². The molecule has 6 nitrogen and oxygen atoms in total. The summed E-state index contributed by atoms with van der Waals surface area (Å²) in [6, 6.07) is 2.51. The zero-order valence-corrected chi connectivity index (χ0v) is 13.7. The summed E-state index contributed by atoms with van der Waals surface area (Å²) < 4.78 is 0.171. The summed E-state index contributed by atoms with van der Waals surface area (Å²) >= 11 is 7.63. The highest BCUT2D eigenvalue weighted by Crippen LogP contribution is 2.35. The zero-order chi connectivity index (χ0) is 16.3.